The number of benzene rings is 2. The predicted octanol–water partition coefficient (Wildman–Crippen LogP) is 5.48. The lowest BCUT2D eigenvalue weighted by Gasteiger charge is -2.13. The van der Waals surface area contributed by atoms with Gasteiger partial charge in [-0.1, -0.05) is 6.92 Å². The molecule has 0 radical (unpaired) electrons. The quantitative estimate of drug-likeness (QED) is 0.382. The fourth-order valence-corrected chi connectivity index (χ4v) is 4.00. The zero-order chi connectivity index (χ0) is 19.8. The Bertz CT molecular complexity index is 1070. The Morgan fingerprint density at radius 1 is 1.22 bits per heavy atom. The summed E-state index contributed by atoms with van der Waals surface area (Å²) < 4.78 is 54.1. The number of alkyl halides is 3. The van der Waals surface area contributed by atoms with Crippen LogP contribution in [-0.2, 0) is 12.7 Å². The predicted molar refractivity (Wildman–Crippen MR) is 101 cm³/mol. The van der Waals surface area contributed by atoms with E-state index in [0.29, 0.717) is 5.56 Å². The highest BCUT2D eigenvalue weighted by molar-refractivity contribution is 9.10. The summed E-state index contributed by atoms with van der Waals surface area (Å²) >= 11 is 4.53. The van der Waals surface area contributed by atoms with Crippen LogP contribution < -0.4 is 5.56 Å². The third-order valence-corrected chi connectivity index (χ3v) is 5.47. The largest absolute Gasteiger partial charge is 0.416 e. The first-order chi connectivity index (χ1) is 12.7. The molecule has 3 aromatic rings. The standard InChI is InChI=1S/C18H13BrF4N2OS/c1-2-27-15-4-3-12(20)5-10(15)8-25-9-24-16-13(17(25)26)6-11(7-14(16)19)18(21,22)23/h3-7,9H,2,8H2,1H3. The van der Waals surface area contributed by atoms with E-state index in [1.165, 1.54) is 34.8 Å². The molecular weight excluding hydrogens is 448 g/mol. The average molecular weight is 461 g/mol. The minimum absolute atomic E-state index is 0.00965. The maximum absolute atomic E-state index is 13.6. The van der Waals surface area contributed by atoms with Crippen LogP contribution in [-0.4, -0.2) is 15.3 Å². The van der Waals surface area contributed by atoms with Crippen molar-refractivity contribution in [2.45, 2.75) is 24.5 Å². The minimum Gasteiger partial charge on any atom is -0.294 e. The molecule has 0 aliphatic rings. The number of thioether (sulfide) groups is 1. The summed E-state index contributed by atoms with van der Waals surface area (Å²) in [4.78, 5) is 17.7. The van der Waals surface area contributed by atoms with Crippen molar-refractivity contribution in [2.75, 3.05) is 5.75 Å². The van der Waals surface area contributed by atoms with Gasteiger partial charge in [0, 0.05) is 9.37 Å². The van der Waals surface area contributed by atoms with Gasteiger partial charge in [0.05, 0.1) is 29.3 Å². The van der Waals surface area contributed by atoms with E-state index in [9.17, 15) is 22.4 Å². The molecule has 0 aliphatic carbocycles. The normalized spacial score (nSPS) is 11.9. The molecule has 1 aromatic heterocycles. The Morgan fingerprint density at radius 3 is 2.63 bits per heavy atom. The van der Waals surface area contributed by atoms with Crippen molar-refractivity contribution in [1.82, 2.24) is 9.55 Å². The van der Waals surface area contributed by atoms with E-state index in [2.05, 4.69) is 20.9 Å². The van der Waals surface area contributed by atoms with Gasteiger partial charge in [-0.3, -0.25) is 9.36 Å². The highest BCUT2D eigenvalue weighted by Gasteiger charge is 2.31. The van der Waals surface area contributed by atoms with Gasteiger partial charge in [0.1, 0.15) is 5.82 Å². The van der Waals surface area contributed by atoms with Crippen LogP contribution in [0.25, 0.3) is 10.9 Å². The van der Waals surface area contributed by atoms with Gasteiger partial charge in [-0.25, -0.2) is 9.37 Å². The second-order valence-electron chi connectivity index (χ2n) is 5.71. The van der Waals surface area contributed by atoms with Crippen molar-refractivity contribution in [1.29, 1.82) is 0 Å². The molecule has 0 atom stereocenters. The molecule has 0 unspecified atom stereocenters. The summed E-state index contributed by atoms with van der Waals surface area (Å²) in [7, 11) is 0. The zero-order valence-electron chi connectivity index (χ0n) is 14.0. The van der Waals surface area contributed by atoms with Crippen molar-refractivity contribution in [2.24, 2.45) is 0 Å². The maximum atomic E-state index is 13.6. The molecule has 0 aliphatic heterocycles. The average Bonchev–Trinajstić information content (AvgIpc) is 2.59. The van der Waals surface area contributed by atoms with Gasteiger partial charge in [-0.15, -0.1) is 11.8 Å². The van der Waals surface area contributed by atoms with Crippen LogP contribution in [0.2, 0.25) is 0 Å². The first kappa shape index (κ1) is 19.9. The Labute approximate surface area is 164 Å². The molecule has 9 heteroatoms. The number of fused-ring (bicyclic) bond motifs is 1. The maximum Gasteiger partial charge on any atom is 0.416 e. The molecule has 0 saturated heterocycles. The van der Waals surface area contributed by atoms with E-state index in [1.54, 1.807) is 6.07 Å². The summed E-state index contributed by atoms with van der Waals surface area (Å²) in [6.07, 6.45) is -3.33. The molecule has 2 aromatic carbocycles. The van der Waals surface area contributed by atoms with Crippen LogP contribution in [0.5, 0.6) is 0 Å². The minimum atomic E-state index is -4.59. The summed E-state index contributed by atoms with van der Waals surface area (Å²) in [5, 5.41) is -0.153. The number of hydrogen-bond acceptors (Lipinski definition) is 3. The van der Waals surface area contributed by atoms with E-state index in [0.717, 1.165) is 22.8 Å². The van der Waals surface area contributed by atoms with Gasteiger partial charge in [-0.2, -0.15) is 13.2 Å². The molecular formula is C18H13BrF4N2OS. The number of aromatic nitrogens is 2. The number of nitrogens with zero attached hydrogens (tertiary/aromatic N) is 2. The van der Waals surface area contributed by atoms with Crippen molar-refractivity contribution >= 4 is 38.6 Å². The molecule has 0 amide bonds. The third-order valence-electron chi connectivity index (χ3n) is 3.87. The first-order valence-corrected chi connectivity index (χ1v) is 9.65. The molecule has 27 heavy (non-hydrogen) atoms. The Balaban J connectivity index is 2.13. The highest BCUT2D eigenvalue weighted by atomic mass is 79.9. The number of rotatable bonds is 4. The Morgan fingerprint density at radius 2 is 1.96 bits per heavy atom. The second-order valence-corrected chi connectivity index (χ2v) is 7.87. The Kier molecular flexibility index (Phi) is 5.62. The molecule has 3 rings (SSSR count). The molecule has 0 N–H and O–H groups in total. The highest BCUT2D eigenvalue weighted by Crippen LogP contribution is 2.33. The van der Waals surface area contributed by atoms with Crippen molar-refractivity contribution in [3.05, 3.63) is 68.4 Å². The molecule has 0 fully saturated rings. The van der Waals surface area contributed by atoms with Crippen LogP contribution in [0, 0.1) is 5.82 Å². The number of halogens is 5. The second kappa shape index (κ2) is 7.63. The summed E-state index contributed by atoms with van der Waals surface area (Å²) in [5.74, 6) is 0.306. The van der Waals surface area contributed by atoms with Gasteiger partial charge >= 0.3 is 6.18 Å². The van der Waals surface area contributed by atoms with Gasteiger partial charge in [0.2, 0.25) is 0 Å². The summed E-state index contributed by atoms with van der Waals surface area (Å²) in [5.41, 5.74) is -0.849. The monoisotopic (exact) mass is 460 g/mol. The van der Waals surface area contributed by atoms with Crippen molar-refractivity contribution < 1.29 is 17.6 Å². The third kappa shape index (κ3) is 4.19. The molecule has 1 heterocycles. The van der Waals surface area contributed by atoms with E-state index < -0.39 is 23.1 Å². The van der Waals surface area contributed by atoms with Gasteiger partial charge in [-0.05, 0) is 57.6 Å². The first-order valence-electron chi connectivity index (χ1n) is 7.88. The molecule has 142 valence electrons. The molecule has 0 spiro atoms. The lowest BCUT2D eigenvalue weighted by Crippen LogP contribution is -2.22. The van der Waals surface area contributed by atoms with Crippen LogP contribution in [0.4, 0.5) is 17.6 Å². The topological polar surface area (TPSA) is 34.9 Å². The summed E-state index contributed by atoms with van der Waals surface area (Å²) in [6, 6.07) is 5.95. The molecule has 3 nitrogen and oxygen atoms in total. The summed E-state index contributed by atoms with van der Waals surface area (Å²) in [6.45, 7) is 1.95. The fourth-order valence-electron chi connectivity index (χ4n) is 2.66. The zero-order valence-corrected chi connectivity index (χ0v) is 16.4. The van der Waals surface area contributed by atoms with E-state index >= 15 is 0 Å². The van der Waals surface area contributed by atoms with Crippen LogP contribution in [0.1, 0.15) is 18.1 Å². The van der Waals surface area contributed by atoms with Crippen LogP contribution in [0.15, 0.2) is 50.8 Å². The van der Waals surface area contributed by atoms with Crippen molar-refractivity contribution in [3.8, 4) is 0 Å². The van der Waals surface area contributed by atoms with E-state index in [1.807, 2.05) is 6.92 Å². The fraction of sp³-hybridized carbons (Fsp3) is 0.222. The lowest BCUT2D eigenvalue weighted by molar-refractivity contribution is -0.137. The SMILES string of the molecule is CCSc1ccc(F)cc1Cn1cnc2c(Br)cc(C(F)(F)F)cc2c1=O. The Hall–Kier alpha value is -1.87. The van der Waals surface area contributed by atoms with E-state index in [4.69, 9.17) is 0 Å². The van der Waals surface area contributed by atoms with Crippen LogP contribution >= 0.6 is 27.7 Å². The van der Waals surface area contributed by atoms with Crippen LogP contribution in [0.3, 0.4) is 0 Å². The van der Waals surface area contributed by atoms with Gasteiger partial charge < -0.3 is 0 Å². The van der Waals surface area contributed by atoms with Gasteiger partial charge in [0.15, 0.2) is 0 Å². The molecule has 0 bridgehead atoms. The lowest BCUT2D eigenvalue weighted by atomic mass is 10.1. The molecule has 0 saturated carbocycles. The van der Waals surface area contributed by atoms with Crippen molar-refractivity contribution in [3.63, 3.8) is 0 Å². The van der Waals surface area contributed by atoms with E-state index in [-0.39, 0.29) is 21.9 Å². The smallest absolute Gasteiger partial charge is 0.294 e. The number of hydrogen-bond donors (Lipinski definition) is 0. The van der Waals surface area contributed by atoms with Gasteiger partial charge in [0.25, 0.3) is 5.56 Å².